The molecule has 1 aromatic heterocycles. The molecule has 0 amide bonds. The number of nitrogens with zero attached hydrogens (tertiary/aromatic N) is 1. The van der Waals surface area contributed by atoms with E-state index in [0.29, 0.717) is 0 Å². The van der Waals surface area contributed by atoms with Gasteiger partial charge in [0.05, 0.1) is 0 Å². The summed E-state index contributed by atoms with van der Waals surface area (Å²) in [4.78, 5) is 2.14. The van der Waals surface area contributed by atoms with Crippen LogP contribution in [-0.4, -0.2) is 24.4 Å². The number of rotatable bonds is 4. The van der Waals surface area contributed by atoms with Gasteiger partial charge in [-0.15, -0.1) is 0 Å². The lowest BCUT2D eigenvalue weighted by Crippen LogP contribution is -2.19. The second-order valence-electron chi connectivity index (χ2n) is 2.98. The molecule has 0 saturated carbocycles. The summed E-state index contributed by atoms with van der Waals surface area (Å²) in [6.45, 7) is 2.96. The van der Waals surface area contributed by atoms with Gasteiger partial charge in [0.1, 0.15) is 11.5 Å². The van der Waals surface area contributed by atoms with Gasteiger partial charge in [0.15, 0.2) is 0 Å². The molecule has 0 aliphatic carbocycles. The van der Waals surface area contributed by atoms with Gasteiger partial charge in [-0.1, -0.05) is 0 Å². The van der Waals surface area contributed by atoms with Crippen LogP contribution in [0.1, 0.15) is 11.5 Å². The molecule has 12 heavy (non-hydrogen) atoms. The second kappa shape index (κ2) is 4.58. The molecular weight excluding hydrogens is 170 g/mol. The van der Waals surface area contributed by atoms with Crippen molar-refractivity contribution < 1.29 is 4.42 Å². The number of hydrogen-bond donors (Lipinski definition) is 1. The van der Waals surface area contributed by atoms with E-state index in [1.165, 1.54) is 0 Å². The zero-order chi connectivity index (χ0) is 8.97. The molecule has 0 fully saturated rings. The molecule has 1 aromatic rings. The fourth-order valence-electron chi connectivity index (χ4n) is 0.991. The van der Waals surface area contributed by atoms with Crippen molar-refractivity contribution in [3.05, 3.63) is 23.7 Å². The van der Waals surface area contributed by atoms with Gasteiger partial charge in [-0.05, 0) is 26.1 Å². The third kappa shape index (κ3) is 2.91. The predicted octanol–water partition coefficient (Wildman–Crippen LogP) is 1.95. The van der Waals surface area contributed by atoms with Crippen LogP contribution in [0.3, 0.4) is 0 Å². The number of hydrogen-bond acceptors (Lipinski definition) is 3. The third-order valence-electron chi connectivity index (χ3n) is 1.78. The van der Waals surface area contributed by atoms with Crippen LogP contribution in [0.4, 0.5) is 0 Å². The van der Waals surface area contributed by atoms with E-state index in [2.05, 4.69) is 17.5 Å². The van der Waals surface area contributed by atoms with E-state index in [4.69, 9.17) is 4.42 Å². The van der Waals surface area contributed by atoms with E-state index in [1.807, 2.05) is 26.1 Å². The number of likely N-dealkylation sites (N-methyl/N-ethyl adjacent to an activating group) is 1. The van der Waals surface area contributed by atoms with E-state index in [1.54, 1.807) is 0 Å². The van der Waals surface area contributed by atoms with Crippen LogP contribution in [-0.2, 0) is 6.42 Å². The minimum atomic E-state index is 0.791. The molecule has 3 heteroatoms. The normalized spacial score (nSPS) is 11.0. The standard InChI is InChI=1S/C9H15NOS/c1-8-3-4-9(11-8)5-6-10(2)7-12/h3-4,12H,5-7H2,1-2H3. The van der Waals surface area contributed by atoms with Crippen molar-refractivity contribution >= 4 is 12.6 Å². The molecule has 0 aromatic carbocycles. The van der Waals surface area contributed by atoms with Gasteiger partial charge >= 0.3 is 0 Å². The SMILES string of the molecule is Cc1ccc(CCN(C)CS)o1. The zero-order valence-electron chi connectivity index (χ0n) is 7.58. The molecule has 0 N–H and O–H groups in total. The Balaban J connectivity index is 2.33. The maximum absolute atomic E-state index is 5.43. The Bertz CT molecular complexity index is 234. The number of thiol groups is 1. The topological polar surface area (TPSA) is 16.4 Å². The van der Waals surface area contributed by atoms with Crippen molar-refractivity contribution in [2.45, 2.75) is 13.3 Å². The zero-order valence-corrected chi connectivity index (χ0v) is 8.47. The van der Waals surface area contributed by atoms with E-state index in [-0.39, 0.29) is 0 Å². The molecular formula is C9H15NOS. The highest BCUT2D eigenvalue weighted by molar-refractivity contribution is 7.80. The lowest BCUT2D eigenvalue weighted by Gasteiger charge is -2.11. The highest BCUT2D eigenvalue weighted by atomic mass is 32.1. The summed E-state index contributed by atoms with van der Waals surface area (Å²) in [7, 11) is 2.04. The van der Waals surface area contributed by atoms with Gasteiger partial charge in [0, 0.05) is 18.8 Å². The van der Waals surface area contributed by atoms with Crippen LogP contribution in [0.2, 0.25) is 0 Å². The van der Waals surface area contributed by atoms with Gasteiger partial charge in [0.2, 0.25) is 0 Å². The van der Waals surface area contributed by atoms with Crippen LogP contribution < -0.4 is 0 Å². The van der Waals surface area contributed by atoms with Crippen molar-refractivity contribution in [1.29, 1.82) is 0 Å². The van der Waals surface area contributed by atoms with Gasteiger partial charge in [-0.3, -0.25) is 4.90 Å². The Hall–Kier alpha value is -0.410. The van der Waals surface area contributed by atoms with Gasteiger partial charge in [-0.25, -0.2) is 0 Å². The van der Waals surface area contributed by atoms with E-state index in [0.717, 1.165) is 30.4 Å². The minimum Gasteiger partial charge on any atom is -0.466 e. The van der Waals surface area contributed by atoms with Crippen LogP contribution in [0.25, 0.3) is 0 Å². The molecule has 0 aliphatic heterocycles. The second-order valence-corrected chi connectivity index (χ2v) is 3.27. The van der Waals surface area contributed by atoms with Crippen molar-refractivity contribution in [3.8, 4) is 0 Å². The number of aryl methyl sites for hydroxylation is 1. The predicted molar refractivity (Wildman–Crippen MR) is 53.6 cm³/mol. The van der Waals surface area contributed by atoms with Crippen molar-refractivity contribution in [3.63, 3.8) is 0 Å². The Labute approximate surface area is 79.0 Å². The third-order valence-corrected chi connectivity index (χ3v) is 2.26. The van der Waals surface area contributed by atoms with Crippen molar-refractivity contribution in [2.75, 3.05) is 19.5 Å². The first-order valence-electron chi connectivity index (χ1n) is 4.07. The van der Waals surface area contributed by atoms with E-state index in [9.17, 15) is 0 Å². The molecule has 0 spiro atoms. The lowest BCUT2D eigenvalue weighted by molar-refractivity contribution is 0.375. The summed E-state index contributed by atoms with van der Waals surface area (Å²) in [6.07, 6.45) is 0.963. The molecule has 0 aliphatic rings. The summed E-state index contributed by atoms with van der Waals surface area (Å²) >= 11 is 4.16. The summed E-state index contributed by atoms with van der Waals surface area (Å²) in [5.41, 5.74) is 0. The van der Waals surface area contributed by atoms with Gasteiger partial charge in [-0.2, -0.15) is 12.6 Å². The Kier molecular flexibility index (Phi) is 3.69. The Morgan fingerprint density at radius 3 is 2.75 bits per heavy atom. The molecule has 1 rings (SSSR count). The highest BCUT2D eigenvalue weighted by Crippen LogP contribution is 2.07. The molecule has 0 saturated heterocycles. The lowest BCUT2D eigenvalue weighted by atomic mass is 10.3. The molecule has 0 unspecified atom stereocenters. The first kappa shape index (κ1) is 9.68. The van der Waals surface area contributed by atoms with Crippen molar-refractivity contribution in [2.24, 2.45) is 0 Å². The molecule has 68 valence electrons. The van der Waals surface area contributed by atoms with Crippen molar-refractivity contribution in [1.82, 2.24) is 4.90 Å². The summed E-state index contributed by atoms with van der Waals surface area (Å²) < 4.78 is 5.43. The number of furan rings is 1. The van der Waals surface area contributed by atoms with E-state index >= 15 is 0 Å². The maximum atomic E-state index is 5.43. The van der Waals surface area contributed by atoms with E-state index < -0.39 is 0 Å². The highest BCUT2D eigenvalue weighted by Gasteiger charge is 2.00. The quantitative estimate of drug-likeness (QED) is 0.570. The van der Waals surface area contributed by atoms with Gasteiger partial charge < -0.3 is 4.42 Å². The molecule has 2 nitrogen and oxygen atoms in total. The van der Waals surface area contributed by atoms with Crippen LogP contribution in [0.15, 0.2) is 16.5 Å². The summed E-state index contributed by atoms with van der Waals surface area (Å²) in [6, 6.07) is 4.03. The summed E-state index contributed by atoms with van der Waals surface area (Å²) in [5, 5.41) is 0. The maximum Gasteiger partial charge on any atom is 0.105 e. The molecule has 0 bridgehead atoms. The fraction of sp³-hybridized carbons (Fsp3) is 0.556. The van der Waals surface area contributed by atoms with Crippen LogP contribution in [0, 0.1) is 6.92 Å². The van der Waals surface area contributed by atoms with Gasteiger partial charge in [0.25, 0.3) is 0 Å². The smallest absolute Gasteiger partial charge is 0.105 e. The Morgan fingerprint density at radius 2 is 2.25 bits per heavy atom. The molecule has 0 radical (unpaired) electrons. The first-order chi connectivity index (χ1) is 5.72. The monoisotopic (exact) mass is 185 g/mol. The van der Waals surface area contributed by atoms with Crippen LogP contribution in [0.5, 0.6) is 0 Å². The minimum absolute atomic E-state index is 0.791. The Morgan fingerprint density at radius 1 is 1.50 bits per heavy atom. The average molecular weight is 185 g/mol. The molecule has 0 atom stereocenters. The summed E-state index contributed by atoms with van der Waals surface area (Å²) in [5.74, 6) is 2.83. The largest absolute Gasteiger partial charge is 0.466 e. The average Bonchev–Trinajstić information content (AvgIpc) is 2.47. The van der Waals surface area contributed by atoms with Crippen LogP contribution >= 0.6 is 12.6 Å². The first-order valence-corrected chi connectivity index (χ1v) is 4.70. The fourth-order valence-corrected chi connectivity index (χ4v) is 1.13. The molecule has 1 heterocycles.